The topological polar surface area (TPSA) is 114 Å². The van der Waals surface area contributed by atoms with Gasteiger partial charge >= 0.3 is 0 Å². The first-order chi connectivity index (χ1) is 13.2. The van der Waals surface area contributed by atoms with Gasteiger partial charge in [-0.05, 0) is 19.3 Å². The molecule has 0 aliphatic heterocycles. The third-order valence-electron chi connectivity index (χ3n) is 3.25. The number of nitrogens with one attached hydrogen (secondary N) is 3. The van der Waals surface area contributed by atoms with E-state index in [9.17, 15) is 4.79 Å². The van der Waals surface area contributed by atoms with Crippen molar-refractivity contribution in [1.82, 2.24) is 10.6 Å². The molecule has 9 nitrogen and oxygen atoms in total. The first-order valence-corrected chi connectivity index (χ1v) is 9.56. The van der Waals surface area contributed by atoms with Crippen molar-refractivity contribution in [1.29, 1.82) is 5.53 Å². The standard InChI is InChI=1S/C18H36N4O5/c1-3-8-24-9-10-25-11-12-26-13-14-27-16-18(22-19)15-20-6-4-5-7-21-17(2)23/h15,19-20H,3-14,16H2,1-2H3,(H,21,23)/b18-15-,22-19?. The minimum absolute atomic E-state index is 0.0104. The Hall–Kier alpha value is -1.55. The molecule has 158 valence electrons. The van der Waals surface area contributed by atoms with Gasteiger partial charge in [0.05, 0.1) is 46.2 Å². The Bertz CT molecular complexity index is 394. The molecule has 0 heterocycles. The van der Waals surface area contributed by atoms with Crippen LogP contribution in [0.15, 0.2) is 17.0 Å². The van der Waals surface area contributed by atoms with E-state index in [1.807, 2.05) is 0 Å². The molecule has 0 aromatic heterocycles. The van der Waals surface area contributed by atoms with Crippen molar-refractivity contribution in [3.8, 4) is 0 Å². The molecule has 0 unspecified atom stereocenters. The number of carbonyl (C=O) groups is 1. The maximum absolute atomic E-state index is 10.7. The van der Waals surface area contributed by atoms with Crippen molar-refractivity contribution in [3.63, 3.8) is 0 Å². The average molecular weight is 389 g/mol. The molecule has 27 heavy (non-hydrogen) atoms. The smallest absolute Gasteiger partial charge is 0.216 e. The molecule has 0 atom stereocenters. The third kappa shape index (κ3) is 20.6. The van der Waals surface area contributed by atoms with Gasteiger partial charge in [0.1, 0.15) is 5.70 Å². The average Bonchev–Trinajstić information content (AvgIpc) is 2.66. The summed E-state index contributed by atoms with van der Waals surface area (Å²) in [6.45, 7) is 9.20. The van der Waals surface area contributed by atoms with Gasteiger partial charge in [-0.1, -0.05) is 6.92 Å². The Labute approximate surface area is 162 Å². The van der Waals surface area contributed by atoms with E-state index in [-0.39, 0.29) is 12.5 Å². The predicted molar refractivity (Wildman–Crippen MR) is 103 cm³/mol. The van der Waals surface area contributed by atoms with Gasteiger partial charge in [-0.3, -0.25) is 4.79 Å². The van der Waals surface area contributed by atoms with Crippen molar-refractivity contribution in [2.24, 2.45) is 5.11 Å². The number of nitrogens with zero attached hydrogens (tertiary/aromatic N) is 1. The van der Waals surface area contributed by atoms with E-state index in [0.717, 1.165) is 32.4 Å². The third-order valence-corrected chi connectivity index (χ3v) is 3.25. The zero-order valence-electron chi connectivity index (χ0n) is 16.8. The van der Waals surface area contributed by atoms with Gasteiger partial charge in [0.15, 0.2) is 0 Å². The zero-order valence-corrected chi connectivity index (χ0v) is 16.8. The van der Waals surface area contributed by atoms with Crippen LogP contribution in [0.3, 0.4) is 0 Å². The van der Waals surface area contributed by atoms with Crippen LogP contribution in [0.1, 0.15) is 33.1 Å². The van der Waals surface area contributed by atoms with E-state index in [1.165, 1.54) is 6.92 Å². The Morgan fingerprint density at radius 1 is 0.926 bits per heavy atom. The summed E-state index contributed by atoms with van der Waals surface area (Å²) in [7, 11) is 0. The summed E-state index contributed by atoms with van der Waals surface area (Å²) in [6.07, 6.45) is 4.52. The van der Waals surface area contributed by atoms with Gasteiger partial charge < -0.3 is 29.6 Å². The molecular weight excluding hydrogens is 352 g/mol. The summed E-state index contributed by atoms with van der Waals surface area (Å²) in [4.78, 5) is 10.7. The fourth-order valence-electron chi connectivity index (χ4n) is 1.89. The lowest BCUT2D eigenvalue weighted by molar-refractivity contribution is -0.118. The molecule has 0 aromatic rings. The van der Waals surface area contributed by atoms with Gasteiger partial charge in [0, 0.05) is 32.8 Å². The molecule has 0 aromatic carbocycles. The van der Waals surface area contributed by atoms with E-state index in [1.54, 1.807) is 6.20 Å². The number of carbonyl (C=O) groups excluding carboxylic acids is 1. The van der Waals surface area contributed by atoms with E-state index >= 15 is 0 Å². The summed E-state index contributed by atoms with van der Waals surface area (Å²) in [6, 6.07) is 0. The molecule has 0 saturated heterocycles. The van der Waals surface area contributed by atoms with Gasteiger partial charge in [0.2, 0.25) is 5.91 Å². The fourth-order valence-corrected chi connectivity index (χ4v) is 1.89. The van der Waals surface area contributed by atoms with Crippen LogP contribution in [0, 0.1) is 5.53 Å². The summed E-state index contributed by atoms with van der Waals surface area (Å²) in [5.41, 5.74) is 7.66. The quantitative estimate of drug-likeness (QED) is 0.217. The SMILES string of the molecule is CCCOCCOCCOCCOC/C(=C/NCCCCNC(C)=O)N=N. The Balaban J connectivity index is 3.41. The van der Waals surface area contributed by atoms with Crippen LogP contribution in [0.25, 0.3) is 0 Å². The van der Waals surface area contributed by atoms with Gasteiger partial charge in [0.25, 0.3) is 0 Å². The predicted octanol–water partition coefficient (Wildman–Crippen LogP) is 1.84. The Morgan fingerprint density at radius 2 is 1.48 bits per heavy atom. The molecule has 0 fully saturated rings. The highest BCUT2D eigenvalue weighted by molar-refractivity contribution is 5.72. The molecule has 0 aliphatic carbocycles. The van der Waals surface area contributed by atoms with Crippen LogP contribution < -0.4 is 10.6 Å². The van der Waals surface area contributed by atoms with Crippen molar-refractivity contribution in [2.45, 2.75) is 33.1 Å². The number of hydrogen-bond donors (Lipinski definition) is 3. The lowest BCUT2D eigenvalue weighted by Gasteiger charge is -2.07. The molecule has 0 radical (unpaired) electrons. The largest absolute Gasteiger partial charge is 0.389 e. The second-order valence-electron chi connectivity index (χ2n) is 5.78. The first kappa shape index (κ1) is 25.4. The van der Waals surface area contributed by atoms with Gasteiger partial charge in [-0.25, -0.2) is 5.53 Å². The minimum Gasteiger partial charge on any atom is -0.389 e. The number of amides is 1. The zero-order chi connectivity index (χ0) is 20.0. The molecule has 9 heteroatoms. The molecule has 0 saturated carbocycles. The van der Waals surface area contributed by atoms with E-state index in [2.05, 4.69) is 22.7 Å². The van der Waals surface area contributed by atoms with Crippen molar-refractivity contribution >= 4 is 5.91 Å². The molecule has 3 N–H and O–H groups in total. The Kier molecular flexibility index (Phi) is 19.6. The number of ether oxygens (including phenoxy) is 4. The molecule has 1 amide bonds. The second kappa shape index (κ2) is 20.8. The van der Waals surface area contributed by atoms with Crippen molar-refractivity contribution in [3.05, 3.63) is 11.9 Å². The van der Waals surface area contributed by atoms with Crippen LogP contribution in [0.2, 0.25) is 0 Å². The summed E-state index contributed by atoms with van der Waals surface area (Å²) >= 11 is 0. The van der Waals surface area contributed by atoms with Crippen LogP contribution in [0.4, 0.5) is 0 Å². The monoisotopic (exact) mass is 388 g/mol. The van der Waals surface area contributed by atoms with Crippen LogP contribution in [-0.4, -0.2) is 71.9 Å². The van der Waals surface area contributed by atoms with Crippen LogP contribution >= 0.6 is 0 Å². The molecular formula is C18H36N4O5. The highest BCUT2D eigenvalue weighted by Crippen LogP contribution is 1.96. The Morgan fingerprint density at radius 3 is 2.04 bits per heavy atom. The highest BCUT2D eigenvalue weighted by Gasteiger charge is 1.97. The number of unbranched alkanes of at least 4 members (excludes halogenated alkanes) is 1. The van der Waals surface area contributed by atoms with Crippen molar-refractivity contribution in [2.75, 3.05) is 65.9 Å². The van der Waals surface area contributed by atoms with Crippen LogP contribution in [0.5, 0.6) is 0 Å². The minimum atomic E-state index is -0.0104. The van der Waals surface area contributed by atoms with E-state index in [4.69, 9.17) is 24.5 Å². The molecule has 0 spiro atoms. The van der Waals surface area contributed by atoms with E-state index < -0.39 is 0 Å². The molecule has 0 bridgehead atoms. The second-order valence-corrected chi connectivity index (χ2v) is 5.78. The lowest BCUT2D eigenvalue weighted by Crippen LogP contribution is -2.21. The highest BCUT2D eigenvalue weighted by atomic mass is 16.6. The number of rotatable bonds is 20. The normalized spacial score (nSPS) is 11.4. The summed E-state index contributed by atoms with van der Waals surface area (Å²) in [5.74, 6) is -0.0104. The molecule has 0 aliphatic rings. The van der Waals surface area contributed by atoms with Crippen LogP contribution in [-0.2, 0) is 23.7 Å². The van der Waals surface area contributed by atoms with E-state index in [0.29, 0.717) is 51.9 Å². The van der Waals surface area contributed by atoms with Gasteiger partial charge in [-0.2, -0.15) is 5.11 Å². The lowest BCUT2D eigenvalue weighted by atomic mass is 10.3. The summed E-state index contributed by atoms with van der Waals surface area (Å²) in [5, 5.41) is 9.27. The summed E-state index contributed by atoms with van der Waals surface area (Å²) < 4.78 is 21.5. The van der Waals surface area contributed by atoms with Crippen molar-refractivity contribution < 1.29 is 23.7 Å². The first-order valence-electron chi connectivity index (χ1n) is 9.56. The van der Waals surface area contributed by atoms with Gasteiger partial charge in [-0.15, -0.1) is 0 Å². The maximum Gasteiger partial charge on any atom is 0.216 e. The number of hydrogen-bond acceptors (Lipinski definition) is 8. The maximum atomic E-state index is 10.7. The molecule has 0 rings (SSSR count). The fraction of sp³-hybridized carbons (Fsp3) is 0.833.